The Morgan fingerprint density at radius 1 is 0.906 bits per heavy atom. The fraction of sp³-hybridized carbons (Fsp3) is 0.500. The number of aromatic nitrogens is 5. The van der Waals surface area contributed by atoms with Crippen molar-refractivity contribution in [2.24, 2.45) is 11.8 Å². The van der Waals surface area contributed by atoms with Crippen LogP contribution >= 0.6 is 0 Å². The van der Waals surface area contributed by atoms with Crippen molar-refractivity contribution >= 4 is 35.4 Å². The first-order chi connectivity index (χ1) is 30.9. The van der Waals surface area contributed by atoms with E-state index in [1.54, 1.807) is 0 Å². The molecule has 344 valence electrons. The number of carbonyl (C=O) groups is 4. The number of likely N-dealkylation sites (tertiary alicyclic amines) is 2. The first-order valence-electron chi connectivity index (χ1n) is 22.7. The molecule has 16 nitrogen and oxygen atoms in total. The highest BCUT2D eigenvalue weighted by molar-refractivity contribution is 5.92. The minimum atomic E-state index is -0.624. The van der Waals surface area contributed by atoms with Crippen molar-refractivity contribution in [3.8, 4) is 39.5 Å². The summed E-state index contributed by atoms with van der Waals surface area (Å²) in [5, 5.41) is 6.27. The van der Waals surface area contributed by atoms with E-state index in [2.05, 4.69) is 96.8 Å². The molecule has 0 radical (unpaired) electrons. The molecule has 0 spiro atoms. The van der Waals surface area contributed by atoms with Crippen molar-refractivity contribution in [1.29, 1.82) is 0 Å². The summed E-state index contributed by atoms with van der Waals surface area (Å²) < 4.78 is 17.8. The smallest absolute Gasteiger partial charge is 0.407 e. The predicted molar refractivity (Wildman–Crippen MR) is 246 cm³/mol. The van der Waals surface area contributed by atoms with Crippen molar-refractivity contribution in [1.82, 2.24) is 44.9 Å². The number of benzene rings is 2. The number of rotatable bonds is 9. The molecule has 2 aromatic carbocycles. The average molecular weight is 880 g/mol. The van der Waals surface area contributed by atoms with Crippen molar-refractivity contribution < 1.29 is 33.4 Å². The number of hydrogen-bond acceptors (Lipinski definition) is 9. The minimum Gasteiger partial charge on any atom is -0.470 e. The number of hydrogen-bond donors (Lipinski definition) is 4. The monoisotopic (exact) mass is 880 g/mol. The summed E-state index contributed by atoms with van der Waals surface area (Å²) in [5.41, 5.74) is 6.91. The lowest BCUT2D eigenvalue weighted by molar-refractivity contribution is -0.170. The number of methoxy groups -OCH3 is 2. The number of imidazole rings is 2. The van der Waals surface area contributed by atoms with E-state index < -0.39 is 6.09 Å². The zero-order valence-corrected chi connectivity index (χ0v) is 38.9. The Morgan fingerprint density at radius 2 is 1.56 bits per heavy atom. The van der Waals surface area contributed by atoms with Gasteiger partial charge in [0.1, 0.15) is 23.9 Å². The minimum absolute atomic E-state index is 0.00132. The van der Waals surface area contributed by atoms with Crippen LogP contribution < -0.4 is 15.4 Å². The number of ether oxygens (including phenoxy) is 3. The third-order valence-corrected chi connectivity index (χ3v) is 12.3. The molecular weight excluding hydrogens is 815 g/mol. The number of carbonyl (C=O) groups excluding carboxylic acids is 4. The highest BCUT2D eigenvalue weighted by atomic mass is 16.5. The summed E-state index contributed by atoms with van der Waals surface area (Å²) >= 11 is 0. The number of nitrogens with zero attached hydrogens (tertiary/aromatic N) is 5. The summed E-state index contributed by atoms with van der Waals surface area (Å²) in [6.07, 6.45) is 8.52. The van der Waals surface area contributed by atoms with Gasteiger partial charge in [-0.05, 0) is 75.8 Å². The topological polar surface area (TPSA) is 189 Å². The second kappa shape index (κ2) is 20.9. The van der Waals surface area contributed by atoms with E-state index in [1.165, 1.54) is 20.6 Å². The Kier molecular flexibility index (Phi) is 15.4. The quantitative estimate of drug-likeness (QED) is 0.105. The number of H-pyrrole nitrogens is 2. The number of piperidine rings is 1. The van der Waals surface area contributed by atoms with Gasteiger partial charge >= 0.3 is 12.2 Å². The Labute approximate surface area is 375 Å². The lowest BCUT2D eigenvalue weighted by Crippen LogP contribution is -2.67. The van der Waals surface area contributed by atoms with Crippen molar-refractivity contribution in [3.05, 3.63) is 66.5 Å². The molecule has 5 aromatic rings. The molecular formula is C48H65N9O7. The first-order valence-corrected chi connectivity index (χ1v) is 22.7. The number of alkyl carbamates (subject to hydrolysis) is 2. The second-order valence-electron chi connectivity index (χ2n) is 16.7. The van der Waals surface area contributed by atoms with Crippen molar-refractivity contribution in [2.45, 2.75) is 118 Å². The molecule has 3 fully saturated rings. The van der Waals surface area contributed by atoms with Gasteiger partial charge in [0, 0.05) is 46.6 Å². The van der Waals surface area contributed by atoms with Gasteiger partial charge in [-0.15, -0.1) is 0 Å². The maximum Gasteiger partial charge on any atom is 0.407 e. The standard InChI is InChI=1S/C36H36N8O5.C7H15NO2.C3H8.C2H6/c1-19-43-27-9-6-20(25-15-37-34(40-25)29-4-3-11-42(29)18-45)12-22(27)13-30(43)23-7-5-21(14-31(23)49-19)26-16-38-35(41-26)33-24-8-10-28(24)44(33)32(46)17-39-36(47)48-2;1-5(2)6(3)8-7(9)10-4;1-3-2;1-2/h5-7,9,12-16,18-19,24,28-29,33H,3-4,8,10-11,17H2,1-2H3,(H,37,40)(H,38,41)(H,39,47);5-6H,1-4H3,(H,8,9);3H2,1-2H3;1-2H3. The normalized spacial score (nSPS) is 20.4. The fourth-order valence-electron chi connectivity index (χ4n) is 8.66. The SMILES string of the molecule is CC.CCC.COC(=O)NC(C)C(C)C.COC(=O)NCC(=O)N1C2CCC2C1c1ncc(-c2ccc3c(c2)OC(C)n2c-3cc3cc(-c4cnc(C5CCCN5C=O)[nH]4)ccc32)[nH]1. The van der Waals surface area contributed by atoms with Gasteiger partial charge in [0.15, 0.2) is 6.23 Å². The Bertz CT molecular complexity index is 2400. The van der Waals surface area contributed by atoms with Gasteiger partial charge in [-0.2, -0.15) is 0 Å². The molecule has 1 saturated carbocycles. The van der Waals surface area contributed by atoms with Crippen LogP contribution in [0.15, 0.2) is 54.9 Å². The van der Waals surface area contributed by atoms with E-state index in [0.717, 1.165) is 101 Å². The van der Waals surface area contributed by atoms with Gasteiger partial charge in [-0.3, -0.25) is 9.59 Å². The summed E-state index contributed by atoms with van der Waals surface area (Å²) in [6, 6.07) is 15.0. The van der Waals surface area contributed by atoms with E-state index in [9.17, 15) is 19.2 Å². The number of aromatic amines is 2. The average Bonchev–Trinajstić information content (AvgIpc) is 4.13. The third kappa shape index (κ3) is 9.60. The highest BCUT2D eigenvalue weighted by Gasteiger charge is 2.57. The van der Waals surface area contributed by atoms with E-state index >= 15 is 0 Å². The van der Waals surface area contributed by atoms with Crippen LogP contribution in [0.3, 0.4) is 0 Å². The van der Waals surface area contributed by atoms with Gasteiger partial charge in [0.25, 0.3) is 0 Å². The predicted octanol–water partition coefficient (Wildman–Crippen LogP) is 9.14. The molecule has 1 aliphatic carbocycles. The molecule has 4 N–H and O–H groups in total. The van der Waals surface area contributed by atoms with E-state index in [1.807, 2.05) is 62.9 Å². The molecule has 16 heteroatoms. The number of amides is 4. The van der Waals surface area contributed by atoms with Gasteiger partial charge < -0.3 is 49.2 Å². The summed E-state index contributed by atoms with van der Waals surface area (Å²) in [5.74, 6) is 3.03. The fourth-order valence-corrected chi connectivity index (χ4v) is 8.66. The van der Waals surface area contributed by atoms with E-state index in [4.69, 9.17) is 9.72 Å². The summed E-state index contributed by atoms with van der Waals surface area (Å²) in [7, 11) is 2.64. The van der Waals surface area contributed by atoms with E-state index in [0.29, 0.717) is 11.8 Å². The number of fused-ring (bicyclic) bond motifs is 6. The molecule has 4 aliphatic rings. The molecule has 3 aromatic heterocycles. The molecule has 0 bridgehead atoms. The third-order valence-electron chi connectivity index (χ3n) is 12.3. The van der Waals surface area contributed by atoms with Crippen LogP contribution in [-0.4, -0.2) is 98.2 Å². The maximum atomic E-state index is 13.0. The van der Waals surface area contributed by atoms with Crippen LogP contribution in [0.4, 0.5) is 9.59 Å². The van der Waals surface area contributed by atoms with Crippen LogP contribution in [0.25, 0.3) is 44.7 Å². The molecule has 4 amide bonds. The van der Waals surface area contributed by atoms with Crippen molar-refractivity contribution in [3.63, 3.8) is 0 Å². The van der Waals surface area contributed by atoms with Crippen LogP contribution in [-0.2, 0) is 19.1 Å². The largest absolute Gasteiger partial charge is 0.470 e. The van der Waals surface area contributed by atoms with Crippen LogP contribution in [0.5, 0.6) is 5.75 Å². The molecule has 9 rings (SSSR count). The number of nitrogens with one attached hydrogen (secondary N) is 4. The van der Waals surface area contributed by atoms with Crippen LogP contribution in [0.2, 0.25) is 0 Å². The maximum absolute atomic E-state index is 13.0. The molecule has 6 unspecified atom stereocenters. The van der Waals surface area contributed by atoms with Gasteiger partial charge in [0.05, 0.1) is 61.3 Å². The molecule has 64 heavy (non-hydrogen) atoms. The van der Waals surface area contributed by atoms with Crippen LogP contribution in [0, 0.1) is 11.8 Å². The summed E-state index contributed by atoms with van der Waals surface area (Å²) in [6.45, 7) is 17.0. The Hall–Kier alpha value is -6.32. The summed E-state index contributed by atoms with van der Waals surface area (Å²) in [4.78, 5) is 66.5. The second-order valence-corrected chi connectivity index (χ2v) is 16.7. The molecule has 2 saturated heterocycles. The van der Waals surface area contributed by atoms with Crippen molar-refractivity contribution in [2.75, 3.05) is 27.3 Å². The Balaban J connectivity index is 0.000000396. The van der Waals surface area contributed by atoms with Crippen LogP contribution in [0.1, 0.15) is 117 Å². The molecule has 6 atom stereocenters. The lowest BCUT2D eigenvalue weighted by Gasteiger charge is -2.61. The van der Waals surface area contributed by atoms with Gasteiger partial charge in [-0.1, -0.05) is 60.1 Å². The lowest BCUT2D eigenvalue weighted by atomic mass is 9.65. The highest BCUT2D eigenvalue weighted by Crippen LogP contribution is 2.54. The Morgan fingerprint density at radius 3 is 2.20 bits per heavy atom. The zero-order valence-electron chi connectivity index (χ0n) is 38.9. The first kappa shape index (κ1) is 47.2. The zero-order chi connectivity index (χ0) is 46.2. The van der Waals surface area contributed by atoms with Gasteiger partial charge in [-0.25, -0.2) is 19.6 Å². The van der Waals surface area contributed by atoms with E-state index in [-0.39, 0.29) is 48.9 Å². The molecule has 3 aliphatic heterocycles. The molecule has 6 heterocycles. The van der Waals surface area contributed by atoms with Gasteiger partial charge in [0.2, 0.25) is 12.3 Å².